The van der Waals surface area contributed by atoms with Crippen LogP contribution in [0.2, 0.25) is 5.02 Å². The number of H-pyrrole nitrogens is 1. The van der Waals surface area contributed by atoms with Crippen LogP contribution in [-0.2, 0) is 0 Å². The van der Waals surface area contributed by atoms with Gasteiger partial charge in [0.25, 0.3) is 5.56 Å². The molecule has 0 aliphatic heterocycles. The molecule has 0 saturated heterocycles. The second kappa shape index (κ2) is 3.74. The van der Waals surface area contributed by atoms with Crippen molar-refractivity contribution in [3.63, 3.8) is 0 Å². The van der Waals surface area contributed by atoms with E-state index in [0.717, 1.165) is 0 Å². The van der Waals surface area contributed by atoms with Crippen LogP contribution in [0.25, 0.3) is 11.3 Å². The van der Waals surface area contributed by atoms with Gasteiger partial charge in [0.1, 0.15) is 10.8 Å². The van der Waals surface area contributed by atoms with Crippen molar-refractivity contribution in [3.05, 3.63) is 45.7 Å². The number of benzene rings is 1. The number of halogens is 1. The molecule has 2 rings (SSSR count). The quantitative estimate of drug-likeness (QED) is 0.773. The van der Waals surface area contributed by atoms with E-state index in [1.807, 2.05) is 0 Å². The summed E-state index contributed by atoms with van der Waals surface area (Å²) in [4.78, 5) is 11.0. The molecule has 1 heterocycles. The predicted octanol–water partition coefficient (Wildman–Crippen LogP) is 1.80. The Labute approximate surface area is 90.2 Å². The number of aromatic nitrogens is 2. The summed E-state index contributed by atoms with van der Waals surface area (Å²) in [5.74, 6) is 0.136. The SMILES string of the molecule is O=c1[nH]nc(-c2cccc(O)c2)cc1Cl. The second-order valence-corrected chi connectivity index (χ2v) is 3.39. The molecule has 76 valence electrons. The Balaban J connectivity index is 2.55. The molecule has 0 saturated carbocycles. The van der Waals surface area contributed by atoms with Crippen molar-refractivity contribution in [2.24, 2.45) is 0 Å². The fourth-order valence-corrected chi connectivity index (χ4v) is 1.34. The molecule has 1 aromatic heterocycles. The van der Waals surface area contributed by atoms with Crippen LogP contribution in [0.5, 0.6) is 5.75 Å². The highest BCUT2D eigenvalue weighted by Crippen LogP contribution is 2.21. The van der Waals surface area contributed by atoms with Gasteiger partial charge in [-0.25, -0.2) is 5.10 Å². The fourth-order valence-electron chi connectivity index (χ4n) is 1.20. The molecule has 0 atom stereocenters. The Bertz CT molecular complexity index is 551. The van der Waals surface area contributed by atoms with E-state index >= 15 is 0 Å². The van der Waals surface area contributed by atoms with Gasteiger partial charge in [-0.3, -0.25) is 4.79 Å². The molecule has 0 aliphatic rings. The summed E-state index contributed by atoms with van der Waals surface area (Å²) < 4.78 is 0. The summed E-state index contributed by atoms with van der Waals surface area (Å²) >= 11 is 5.66. The lowest BCUT2D eigenvalue weighted by molar-refractivity contribution is 0.475. The van der Waals surface area contributed by atoms with Gasteiger partial charge in [0.05, 0.1) is 5.69 Å². The van der Waals surface area contributed by atoms with E-state index < -0.39 is 5.56 Å². The summed E-state index contributed by atoms with van der Waals surface area (Å²) in [6.45, 7) is 0. The standard InChI is InChI=1S/C10H7ClN2O2/c11-8-5-9(12-13-10(8)15)6-2-1-3-7(14)4-6/h1-5,14H,(H,13,15). The molecular weight excluding hydrogens is 216 g/mol. The average Bonchev–Trinajstić information content (AvgIpc) is 2.22. The van der Waals surface area contributed by atoms with Gasteiger partial charge in [-0.2, -0.15) is 5.10 Å². The molecule has 15 heavy (non-hydrogen) atoms. The Morgan fingerprint density at radius 2 is 2.13 bits per heavy atom. The monoisotopic (exact) mass is 222 g/mol. The zero-order chi connectivity index (χ0) is 10.8. The van der Waals surface area contributed by atoms with Crippen molar-refractivity contribution in [3.8, 4) is 17.0 Å². The lowest BCUT2D eigenvalue weighted by Gasteiger charge is -2.00. The van der Waals surface area contributed by atoms with Crippen LogP contribution in [0.3, 0.4) is 0 Å². The van der Waals surface area contributed by atoms with Gasteiger partial charge in [-0.15, -0.1) is 0 Å². The highest BCUT2D eigenvalue weighted by molar-refractivity contribution is 6.30. The molecular formula is C10H7ClN2O2. The van der Waals surface area contributed by atoms with Gasteiger partial charge in [0.2, 0.25) is 0 Å². The van der Waals surface area contributed by atoms with E-state index in [-0.39, 0.29) is 10.8 Å². The van der Waals surface area contributed by atoms with Gasteiger partial charge >= 0.3 is 0 Å². The highest BCUT2D eigenvalue weighted by atomic mass is 35.5. The molecule has 0 aliphatic carbocycles. The van der Waals surface area contributed by atoms with Crippen molar-refractivity contribution in [2.75, 3.05) is 0 Å². The number of rotatable bonds is 1. The molecule has 0 unspecified atom stereocenters. The minimum absolute atomic E-state index is 0.0725. The third-order valence-electron chi connectivity index (χ3n) is 1.90. The van der Waals surface area contributed by atoms with Gasteiger partial charge in [0.15, 0.2) is 0 Å². The molecule has 5 heteroatoms. The number of nitrogens with zero attached hydrogens (tertiary/aromatic N) is 1. The molecule has 4 nitrogen and oxygen atoms in total. The zero-order valence-electron chi connectivity index (χ0n) is 7.57. The highest BCUT2D eigenvalue weighted by Gasteiger charge is 2.03. The van der Waals surface area contributed by atoms with Gasteiger partial charge in [-0.05, 0) is 18.2 Å². The number of hydrogen-bond acceptors (Lipinski definition) is 3. The summed E-state index contributed by atoms with van der Waals surface area (Å²) in [6.07, 6.45) is 0. The minimum Gasteiger partial charge on any atom is -0.508 e. The molecule has 0 spiro atoms. The Hall–Kier alpha value is -1.81. The molecule has 2 aromatic rings. The lowest BCUT2D eigenvalue weighted by Crippen LogP contribution is -2.08. The molecule has 0 fully saturated rings. The third kappa shape index (κ3) is 1.99. The smallest absolute Gasteiger partial charge is 0.282 e. The van der Waals surface area contributed by atoms with Crippen LogP contribution >= 0.6 is 11.6 Å². The molecule has 2 N–H and O–H groups in total. The maximum atomic E-state index is 11.0. The predicted molar refractivity (Wildman–Crippen MR) is 57.0 cm³/mol. The molecule has 0 radical (unpaired) electrons. The van der Waals surface area contributed by atoms with E-state index in [1.165, 1.54) is 12.1 Å². The first kappa shape index (κ1) is 9.73. The van der Waals surface area contributed by atoms with Crippen LogP contribution < -0.4 is 5.56 Å². The topological polar surface area (TPSA) is 66.0 Å². The van der Waals surface area contributed by atoms with Crippen LogP contribution in [0.4, 0.5) is 0 Å². The third-order valence-corrected chi connectivity index (χ3v) is 2.18. The second-order valence-electron chi connectivity index (χ2n) is 2.98. The fraction of sp³-hybridized carbons (Fsp3) is 0. The van der Waals surface area contributed by atoms with Crippen molar-refractivity contribution in [1.29, 1.82) is 0 Å². The van der Waals surface area contributed by atoms with Crippen molar-refractivity contribution in [1.82, 2.24) is 10.2 Å². The van der Waals surface area contributed by atoms with Gasteiger partial charge in [0, 0.05) is 5.56 Å². The van der Waals surface area contributed by atoms with E-state index in [9.17, 15) is 9.90 Å². The number of nitrogens with one attached hydrogen (secondary N) is 1. The van der Waals surface area contributed by atoms with E-state index in [2.05, 4.69) is 10.2 Å². The summed E-state index contributed by atoms with van der Waals surface area (Å²) in [5, 5.41) is 15.4. The Morgan fingerprint density at radius 1 is 1.33 bits per heavy atom. The largest absolute Gasteiger partial charge is 0.508 e. The summed E-state index contributed by atoms with van der Waals surface area (Å²) in [7, 11) is 0. The Kier molecular flexibility index (Phi) is 2.43. The van der Waals surface area contributed by atoms with E-state index in [4.69, 9.17) is 11.6 Å². The summed E-state index contributed by atoms with van der Waals surface area (Å²) in [5.41, 5.74) is 0.768. The van der Waals surface area contributed by atoms with E-state index in [0.29, 0.717) is 11.3 Å². The van der Waals surface area contributed by atoms with Crippen LogP contribution in [-0.4, -0.2) is 15.3 Å². The number of aromatic amines is 1. The average molecular weight is 223 g/mol. The maximum absolute atomic E-state index is 11.0. The maximum Gasteiger partial charge on any atom is 0.282 e. The zero-order valence-corrected chi connectivity index (χ0v) is 8.32. The van der Waals surface area contributed by atoms with Crippen molar-refractivity contribution < 1.29 is 5.11 Å². The number of aromatic hydroxyl groups is 1. The van der Waals surface area contributed by atoms with Crippen LogP contribution in [0.1, 0.15) is 0 Å². The van der Waals surface area contributed by atoms with Gasteiger partial charge < -0.3 is 5.11 Å². The first-order valence-electron chi connectivity index (χ1n) is 4.21. The molecule has 0 bridgehead atoms. The van der Waals surface area contributed by atoms with Crippen molar-refractivity contribution in [2.45, 2.75) is 0 Å². The normalized spacial score (nSPS) is 10.2. The lowest BCUT2D eigenvalue weighted by atomic mass is 10.1. The summed E-state index contributed by atoms with van der Waals surface area (Å²) in [6, 6.07) is 7.99. The number of phenolic OH excluding ortho intramolecular Hbond substituents is 1. The minimum atomic E-state index is -0.430. The van der Waals surface area contributed by atoms with Crippen molar-refractivity contribution >= 4 is 11.6 Å². The van der Waals surface area contributed by atoms with Crippen LogP contribution in [0, 0.1) is 0 Å². The van der Waals surface area contributed by atoms with Crippen LogP contribution in [0.15, 0.2) is 35.1 Å². The van der Waals surface area contributed by atoms with E-state index in [1.54, 1.807) is 18.2 Å². The number of hydrogen-bond donors (Lipinski definition) is 2. The Morgan fingerprint density at radius 3 is 2.80 bits per heavy atom. The number of phenols is 1. The first-order valence-corrected chi connectivity index (χ1v) is 4.59. The van der Waals surface area contributed by atoms with Gasteiger partial charge in [-0.1, -0.05) is 23.7 Å². The molecule has 0 amide bonds. The molecule has 1 aromatic carbocycles. The first-order chi connectivity index (χ1) is 7.16.